The van der Waals surface area contributed by atoms with Crippen molar-refractivity contribution >= 4 is 41.9 Å². The summed E-state index contributed by atoms with van der Waals surface area (Å²) in [4.78, 5) is 13.5. The Labute approximate surface area is 219 Å². The van der Waals surface area contributed by atoms with E-state index in [4.69, 9.17) is 9.26 Å². The molecule has 3 aromatic carbocycles. The van der Waals surface area contributed by atoms with Crippen molar-refractivity contribution in [2.24, 2.45) is 0 Å². The van der Waals surface area contributed by atoms with E-state index in [0.29, 0.717) is 38.5 Å². The van der Waals surface area contributed by atoms with Crippen molar-refractivity contribution in [3.8, 4) is 5.75 Å². The highest BCUT2D eigenvalue weighted by Crippen LogP contribution is 2.28. The average Bonchev–Trinajstić information content (AvgIpc) is 3.37. The lowest BCUT2D eigenvalue weighted by molar-refractivity contribution is 0.317. The maximum atomic E-state index is 13.8. The van der Waals surface area contributed by atoms with E-state index in [1.54, 1.807) is 13.0 Å². The number of nitrogens with zero attached hydrogens (tertiary/aromatic N) is 3. The van der Waals surface area contributed by atoms with Crippen LogP contribution in [-0.4, -0.2) is 43.4 Å². The van der Waals surface area contributed by atoms with Gasteiger partial charge in [-0.25, -0.2) is 21.6 Å². The molecule has 0 amide bonds. The number of aromatic nitrogens is 3. The second-order valence-corrected chi connectivity index (χ2v) is 12.8. The third-order valence-electron chi connectivity index (χ3n) is 6.16. The number of benzene rings is 3. The maximum absolute atomic E-state index is 13.8. The van der Waals surface area contributed by atoms with E-state index in [1.807, 2.05) is 31.2 Å². The Morgan fingerprint density at radius 3 is 2.34 bits per heavy atom. The topological polar surface area (TPSA) is 130 Å². The fourth-order valence-electron chi connectivity index (χ4n) is 4.26. The third-order valence-corrected chi connectivity index (χ3v) is 8.99. The number of fused-ring (bicyclic) bond motifs is 2. The van der Waals surface area contributed by atoms with E-state index < -0.39 is 25.6 Å². The van der Waals surface area contributed by atoms with Crippen molar-refractivity contribution in [3.05, 3.63) is 82.4 Å². The Kier molecular flexibility index (Phi) is 6.40. The minimum atomic E-state index is -4.41. The molecule has 0 aliphatic carbocycles. The Hall–Kier alpha value is -3.90. The van der Waals surface area contributed by atoms with E-state index in [2.05, 4.69) is 5.16 Å². The first-order valence-corrected chi connectivity index (χ1v) is 15.1. The molecule has 5 aromatic rings. The van der Waals surface area contributed by atoms with Crippen LogP contribution in [0.5, 0.6) is 5.75 Å². The summed E-state index contributed by atoms with van der Waals surface area (Å²) in [6, 6.07) is 15.2. The van der Waals surface area contributed by atoms with Gasteiger partial charge in [-0.3, -0.25) is 4.57 Å². The highest BCUT2D eigenvalue weighted by molar-refractivity contribution is 7.91. The fraction of sp³-hybridized carbons (Fsp3) is 0.231. The SMILES string of the molecule is CCCOc1cccc(Cn2c(=O)n(S(=O)(=O)c3ccc(S(C)(=O)=O)cc3)c3cc4onc(C)c4cc32)c1. The highest BCUT2D eigenvalue weighted by Gasteiger charge is 2.27. The third kappa shape index (κ3) is 4.50. The van der Waals surface area contributed by atoms with Crippen LogP contribution < -0.4 is 10.4 Å². The van der Waals surface area contributed by atoms with Gasteiger partial charge in [-0.1, -0.05) is 24.2 Å². The van der Waals surface area contributed by atoms with Crippen LogP contribution in [0.25, 0.3) is 22.0 Å². The van der Waals surface area contributed by atoms with Crippen molar-refractivity contribution < 1.29 is 26.1 Å². The molecule has 38 heavy (non-hydrogen) atoms. The molecule has 0 saturated heterocycles. The standard InChI is InChI=1S/C26H25N3O7S2/c1-4-12-35-19-7-5-6-18(13-19)16-28-23-14-22-17(2)27-36-25(22)15-24(23)29(26(28)30)38(33,34)21-10-8-20(9-11-21)37(3,31)32/h5-11,13-15H,4,12,16H2,1-3H3. The first-order chi connectivity index (χ1) is 18.0. The summed E-state index contributed by atoms with van der Waals surface area (Å²) in [6.07, 6.45) is 1.87. The van der Waals surface area contributed by atoms with E-state index >= 15 is 0 Å². The molecule has 0 radical (unpaired) electrons. The molecule has 198 valence electrons. The number of hydrogen-bond donors (Lipinski definition) is 0. The van der Waals surface area contributed by atoms with Crippen molar-refractivity contribution in [2.75, 3.05) is 12.9 Å². The Morgan fingerprint density at radius 1 is 0.947 bits per heavy atom. The summed E-state index contributed by atoms with van der Waals surface area (Å²) in [5.74, 6) is 0.650. The van der Waals surface area contributed by atoms with Crippen LogP contribution in [0.15, 0.2) is 79.8 Å². The van der Waals surface area contributed by atoms with Gasteiger partial charge in [0.2, 0.25) is 0 Å². The lowest BCUT2D eigenvalue weighted by atomic mass is 10.2. The van der Waals surface area contributed by atoms with Crippen LogP contribution >= 0.6 is 0 Å². The summed E-state index contributed by atoms with van der Waals surface area (Å²) in [5.41, 5.74) is 1.40. The Balaban J connectivity index is 1.71. The average molecular weight is 556 g/mol. The fourth-order valence-corrected chi connectivity index (χ4v) is 6.29. The zero-order chi connectivity index (χ0) is 27.2. The minimum Gasteiger partial charge on any atom is -0.494 e. The van der Waals surface area contributed by atoms with Crippen LogP contribution in [0.2, 0.25) is 0 Å². The van der Waals surface area contributed by atoms with E-state index in [-0.39, 0.29) is 21.9 Å². The van der Waals surface area contributed by atoms with Crippen LogP contribution in [0, 0.1) is 6.92 Å². The molecule has 2 aromatic heterocycles. The van der Waals surface area contributed by atoms with Gasteiger partial charge in [0.05, 0.1) is 39.7 Å². The van der Waals surface area contributed by atoms with Crippen molar-refractivity contribution in [2.45, 2.75) is 36.6 Å². The molecule has 10 nitrogen and oxygen atoms in total. The van der Waals surface area contributed by atoms with E-state index in [9.17, 15) is 21.6 Å². The van der Waals surface area contributed by atoms with Crippen molar-refractivity contribution in [1.82, 2.24) is 13.7 Å². The van der Waals surface area contributed by atoms with Gasteiger partial charge >= 0.3 is 5.69 Å². The summed E-state index contributed by atoms with van der Waals surface area (Å²) in [6.45, 7) is 4.39. The molecule has 12 heteroatoms. The molecule has 0 unspecified atom stereocenters. The summed E-state index contributed by atoms with van der Waals surface area (Å²) >= 11 is 0. The summed E-state index contributed by atoms with van der Waals surface area (Å²) in [5, 5.41) is 4.61. The normalized spacial score (nSPS) is 12.4. The first-order valence-electron chi connectivity index (χ1n) is 11.8. The van der Waals surface area contributed by atoms with Gasteiger partial charge in [0.1, 0.15) is 5.75 Å². The lowest BCUT2D eigenvalue weighted by Gasteiger charge is -2.08. The van der Waals surface area contributed by atoms with Gasteiger partial charge in [-0.15, -0.1) is 0 Å². The molecule has 0 spiro atoms. The van der Waals surface area contributed by atoms with Gasteiger partial charge in [0.25, 0.3) is 10.0 Å². The van der Waals surface area contributed by atoms with Crippen LogP contribution in [0.4, 0.5) is 0 Å². The summed E-state index contributed by atoms with van der Waals surface area (Å²) < 4.78 is 64.3. The molecule has 0 saturated carbocycles. The number of ether oxygens (including phenoxy) is 1. The Morgan fingerprint density at radius 2 is 1.66 bits per heavy atom. The molecular weight excluding hydrogens is 530 g/mol. The zero-order valence-electron chi connectivity index (χ0n) is 20.9. The summed E-state index contributed by atoms with van der Waals surface area (Å²) in [7, 11) is -7.94. The number of sulfone groups is 1. The number of hydrogen-bond acceptors (Lipinski definition) is 8. The van der Waals surface area contributed by atoms with Gasteiger partial charge in [0, 0.05) is 17.7 Å². The Bertz CT molecular complexity index is 1950. The van der Waals surface area contributed by atoms with E-state index in [1.165, 1.54) is 34.9 Å². The van der Waals surface area contributed by atoms with Crippen molar-refractivity contribution in [1.29, 1.82) is 0 Å². The van der Waals surface area contributed by atoms with Crippen LogP contribution in [0.1, 0.15) is 24.6 Å². The van der Waals surface area contributed by atoms with Gasteiger partial charge in [-0.2, -0.15) is 3.97 Å². The predicted molar refractivity (Wildman–Crippen MR) is 142 cm³/mol. The van der Waals surface area contributed by atoms with Crippen LogP contribution in [-0.2, 0) is 26.4 Å². The van der Waals surface area contributed by atoms with Crippen molar-refractivity contribution in [3.63, 3.8) is 0 Å². The van der Waals surface area contributed by atoms with Crippen LogP contribution in [0.3, 0.4) is 0 Å². The van der Waals surface area contributed by atoms with Gasteiger partial charge in [0.15, 0.2) is 15.4 Å². The molecule has 0 atom stereocenters. The largest absolute Gasteiger partial charge is 0.494 e. The predicted octanol–water partition coefficient (Wildman–Crippen LogP) is 3.73. The number of rotatable bonds is 8. The quantitative estimate of drug-likeness (QED) is 0.283. The second kappa shape index (κ2) is 9.44. The van der Waals surface area contributed by atoms with Gasteiger partial charge < -0.3 is 9.26 Å². The minimum absolute atomic E-state index is 0.0322. The van der Waals surface area contributed by atoms with Gasteiger partial charge in [-0.05, 0) is 61.4 Å². The molecule has 2 heterocycles. The molecular formula is C26H25N3O7S2. The monoisotopic (exact) mass is 555 g/mol. The first kappa shape index (κ1) is 25.7. The maximum Gasteiger partial charge on any atom is 0.343 e. The second-order valence-electron chi connectivity index (χ2n) is 8.98. The molecule has 5 rings (SSSR count). The molecule has 0 aliphatic heterocycles. The molecule has 0 N–H and O–H groups in total. The lowest BCUT2D eigenvalue weighted by Crippen LogP contribution is -2.30. The molecule has 0 aliphatic rings. The zero-order valence-corrected chi connectivity index (χ0v) is 22.5. The molecule has 0 bridgehead atoms. The number of aryl methyl sites for hydroxylation is 1. The van der Waals surface area contributed by atoms with E-state index in [0.717, 1.165) is 18.2 Å². The smallest absolute Gasteiger partial charge is 0.343 e. The highest BCUT2D eigenvalue weighted by atomic mass is 32.2. The number of imidazole rings is 1. The molecule has 0 fully saturated rings.